The molecule has 1 amide bonds. The standard InChI is InChI=1S/C19H20ClN5O/c1-4-11-5-6-12(20)7-13(11)14-8-16(25(3)18(14)19(21)26)15-9-17(22-2)24-10-23-15/h5-10H,4H2,1-3H3,(H2,21,26)(H,22,23,24). The van der Waals surface area contributed by atoms with Crippen molar-refractivity contribution < 1.29 is 4.79 Å². The van der Waals surface area contributed by atoms with Gasteiger partial charge in [0.1, 0.15) is 17.8 Å². The lowest BCUT2D eigenvalue weighted by atomic mass is 9.97. The first-order valence-electron chi connectivity index (χ1n) is 8.24. The molecular formula is C19H20ClN5O. The molecule has 3 N–H and O–H groups in total. The molecule has 7 heteroatoms. The SMILES string of the molecule is CCc1ccc(Cl)cc1-c1cc(-c2cc(NC)ncn2)n(C)c1C(N)=O. The first-order chi connectivity index (χ1) is 12.5. The molecule has 0 spiro atoms. The number of anilines is 1. The zero-order valence-electron chi connectivity index (χ0n) is 14.9. The van der Waals surface area contributed by atoms with Gasteiger partial charge < -0.3 is 15.6 Å². The number of hydrogen-bond donors (Lipinski definition) is 2. The van der Waals surface area contributed by atoms with E-state index in [1.165, 1.54) is 6.33 Å². The lowest BCUT2D eigenvalue weighted by molar-refractivity contribution is 0.0993. The number of rotatable bonds is 5. The van der Waals surface area contributed by atoms with Crippen LogP contribution in [-0.4, -0.2) is 27.5 Å². The predicted octanol–water partition coefficient (Wildman–Crippen LogP) is 3.51. The van der Waals surface area contributed by atoms with Crippen LogP contribution in [0.25, 0.3) is 22.5 Å². The topological polar surface area (TPSA) is 85.8 Å². The Morgan fingerprint density at radius 3 is 2.65 bits per heavy atom. The highest BCUT2D eigenvalue weighted by Crippen LogP contribution is 2.35. The first-order valence-corrected chi connectivity index (χ1v) is 8.62. The molecule has 0 fully saturated rings. The summed E-state index contributed by atoms with van der Waals surface area (Å²) in [6, 6.07) is 9.43. The fourth-order valence-electron chi connectivity index (χ4n) is 3.09. The summed E-state index contributed by atoms with van der Waals surface area (Å²) in [5.74, 6) is 0.189. The number of hydrogen-bond acceptors (Lipinski definition) is 4. The van der Waals surface area contributed by atoms with Gasteiger partial charge >= 0.3 is 0 Å². The van der Waals surface area contributed by atoms with E-state index in [4.69, 9.17) is 17.3 Å². The summed E-state index contributed by atoms with van der Waals surface area (Å²) in [4.78, 5) is 20.7. The fraction of sp³-hybridized carbons (Fsp3) is 0.211. The van der Waals surface area contributed by atoms with Crippen molar-refractivity contribution in [3.8, 4) is 22.5 Å². The van der Waals surface area contributed by atoms with Crippen LogP contribution < -0.4 is 11.1 Å². The van der Waals surface area contributed by atoms with Crippen LogP contribution in [0.1, 0.15) is 23.0 Å². The number of nitrogens with two attached hydrogens (primary N) is 1. The highest BCUT2D eigenvalue weighted by Gasteiger charge is 2.21. The Morgan fingerprint density at radius 1 is 1.23 bits per heavy atom. The van der Waals surface area contributed by atoms with E-state index in [0.29, 0.717) is 22.2 Å². The number of aromatic nitrogens is 3. The number of halogens is 1. The van der Waals surface area contributed by atoms with E-state index in [-0.39, 0.29) is 0 Å². The number of carbonyl (C=O) groups is 1. The minimum Gasteiger partial charge on any atom is -0.373 e. The Balaban J connectivity index is 2.27. The molecule has 0 saturated carbocycles. The second-order valence-corrected chi connectivity index (χ2v) is 6.35. The highest BCUT2D eigenvalue weighted by molar-refractivity contribution is 6.31. The van der Waals surface area contributed by atoms with Gasteiger partial charge in [-0.25, -0.2) is 9.97 Å². The van der Waals surface area contributed by atoms with Gasteiger partial charge in [0, 0.05) is 30.7 Å². The van der Waals surface area contributed by atoms with E-state index in [2.05, 4.69) is 22.2 Å². The van der Waals surface area contributed by atoms with Crippen molar-refractivity contribution in [3.63, 3.8) is 0 Å². The predicted molar refractivity (Wildman–Crippen MR) is 104 cm³/mol. The number of nitrogens with one attached hydrogen (secondary N) is 1. The Morgan fingerprint density at radius 2 is 2.00 bits per heavy atom. The molecule has 0 aliphatic rings. The maximum Gasteiger partial charge on any atom is 0.265 e. The van der Waals surface area contributed by atoms with E-state index in [0.717, 1.165) is 28.8 Å². The summed E-state index contributed by atoms with van der Waals surface area (Å²) in [6.07, 6.45) is 2.29. The summed E-state index contributed by atoms with van der Waals surface area (Å²) in [5, 5.41) is 3.60. The third kappa shape index (κ3) is 3.15. The van der Waals surface area contributed by atoms with Crippen LogP contribution in [0.2, 0.25) is 5.02 Å². The maximum atomic E-state index is 12.2. The molecule has 0 bridgehead atoms. The lowest BCUT2D eigenvalue weighted by Gasteiger charge is -2.10. The van der Waals surface area contributed by atoms with Crippen LogP contribution in [-0.2, 0) is 13.5 Å². The van der Waals surface area contributed by atoms with Crippen molar-refractivity contribution in [2.45, 2.75) is 13.3 Å². The van der Waals surface area contributed by atoms with Crippen molar-refractivity contribution in [2.75, 3.05) is 12.4 Å². The molecule has 3 rings (SSSR count). The van der Waals surface area contributed by atoms with Gasteiger partial charge in [0.15, 0.2) is 0 Å². The van der Waals surface area contributed by atoms with Gasteiger partial charge in [-0.2, -0.15) is 0 Å². The molecule has 26 heavy (non-hydrogen) atoms. The second-order valence-electron chi connectivity index (χ2n) is 5.91. The molecule has 6 nitrogen and oxygen atoms in total. The third-order valence-electron chi connectivity index (χ3n) is 4.39. The zero-order valence-corrected chi connectivity index (χ0v) is 15.6. The van der Waals surface area contributed by atoms with Crippen LogP contribution in [0.15, 0.2) is 36.7 Å². The molecule has 0 saturated heterocycles. The van der Waals surface area contributed by atoms with Gasteiger partial charge in [-0.05, 0) is 35.7 Å². The minimum atomic E-state index is -0.501. The molecule has 3 aromatic rings. The van der Waals surface area contributed by atoms with E-state index >= 15 is 0 Å². The van der Waals surface area contributed by atoms with Crippen LogP contribution in [0, 0.1) is 0 Å². The Kier molecular flexibility index (Phi) is 4.95. The van der Waals surface area contributed by atoms with Gasteiger partial charge in [-0.1, -0.05) is 24.6 Å². The summed E-state index contributed by atoms with van der Waals surface area (Å²) in [7, 11) is 3.59. The van der Waals surface area contributed by atoms with Gasteiger partial charge in [-0.15, -0.1) is 0 Å². The fourth-order valence-corrected chi connectivity index (χ4v) is 3.27. The first kappa shape index (κ1) is 17.9. The zero-order chi connectivity index (χ0) is 18.8. The average molecular weight is 370 g/mol. The van der Waals surface area contributed by atoms with E-state index < -0.39 is 5.91 Å². The number of benzene rings is 1. The second kappa shape index (κ2) is 7.17. The minimum absolute atomic E-state index is 0.418. The summed E-state index contributed by atoms with van der Waals surface area (Å²) in [6.45, 7) is 2.06. The van der Waals surface area contributed by atoms with Crippen molar-refractivity contribution in [1.29, 1.82) is 0 Å². The van der Waals surface area contributed by atoms with Crippen LogP contribution >= 0.6 is 11.6 Å². The monoisotopic (exact) mass is 369 g/mol. The van der Waals surface area contributed by atoms with Crippen molar-refractivity contribution in [3.05, 3.63) is 52.9 Å². The summed E-state index contributed by atoms with van der Waals surface area (Å²) >= 11 is 6.21. The third-order valence-corrected chi connectivity index (χ3v) is 4.63. The van der Waals surface area contributed by atoms with E-state index in [9.17, 15) is 4.79 Å². The van der Waals surface area contributed by atoms with Crippen LogP contribution in [0.4, 0.5) is 5.82 Å². The average Bonchev–Trinajstić information content (AvgIpc) is 2.99. The van der Waals surface area contributed by atoms with Crippen molar-refractivity contribution >= 4 is 23.3 Å². The van der Waals surface area contributed by atoms with Gasteiger partial charge in [0.2, 0.25) is 0 Å². The quantitative estimate of drug-likeness (QED) is 0.720. The molecule has 0 aliphatic carbocycles. The molecule has 0 aliphatic heterocycles. The number of amides is 1. The molecule has 0 radical (unpaired) electrons. The van der Waals surface area contributed by atoms with E-state index in [1.54, 1.807) is 18.7 Å². The van der Waals surface area contributed by atoms with Crippen molar-refractivity contribution in [1.82, 2.24) is 14.5 Å². The molecule has 2 aromatic heterocycles. The van der Waals surface area contributed by atoms with Gasteiger partial charge in [-0.3, -0.25) is 4.79 Å². The molecule has 0 atom stereocenters. The number of nitrogens with zero attached hydrogens (tertiary/aromatic N) is 3. The smallest absolute Gasteiger partial charge is 0.265 e. The Bertz CT molecular complexity index is 980. The molecule has 1 aromatic carbocycles. The number of carbonyl (C=O) groups excluding carboxylic acids is 1. The summed E-state index contributed by atoms with van der Waals surface area (Å²) < 4.78 is 1.76. The van der Waals surface area contributed by atoms with Gasteiger partial charge in [0.25, 0.3) is 5.91 Å². The molecule has 134 valence electrons. The highest BCUT2D eigenvalue weighted by atomic mass is 35.5. The van der Waals surface area contributed by atoms with Crippen LogP contribution in [0.5, 0.6) is 0 Å². The normalized spacial score (nSPS) is 10.8. The van der Waals surface area contributed by atoms with E-state index in [1.807, 2.05) is 30.3 Å². The lowest BCUT2D eigenvalue weighted by Crippen LogP contribution is -2.17. The largest absolute Gasteiger partial charge is 0.373 e. The number of aryl methyl sites for hydroxylation is 1. The Hall–Kier alpha value is -2.86. The Labute approximate surface area is 157 Å². The molecule has 2 heterocycles. The van der Waals surface area contributed by atoms with Crippen LogP contribution in [0.3, 0.4) is 0 Å². The molecule has 0 unspecified atom stereocenters. The summed E-state index contributed by atoms with van der Waals surface area (Å²) in [5.41, 5.74) is 10.3. The number of primary amides is 1. The molecular weight excluding hydrogens is 350 g/mol. The maximum absolute atomic E-state index is 12.2. The van der Waals surface area contributed by atoms with Gasteiger partial charge in [0.05, 0.1) is 11.4 Å². The van der Waals surface area contributed by atoms with Crippen molar-refractivity contribution in [2.24, 2.45) is 12.8 Å².